The fourth-order valence-electron chi connectivity index (χ4n) is 2.91. The molecule has 0 bridgehead atoms. The zero-order valence-corrected chi connectivity index (χ0v) is 14.7. The lowest BCUT2D eigenvalue weighted by atomic mass is 10.1. The van der Waals surface area contributed by atoms with Gasteiger partial charge in [0.25, 0.3) is 5.91 Å². The molecule has 1 amide bonds. The second-order valence-corrected chi connectivity index (χ2v) is 6.15. The minimum atomic E-state index is -0.198. The van der Waals surface area contributed by atoms with E-state index in [1.165, 1.54) is 0 Å². The van der Waals surface area contributed by atoms with Crippen molar-refractivity contribution in [2.75, 3.05) is 4.90 Å². The molecule has 0 unspecified atom stereocenters. The summed E-state index contributed by atoms with van der Waals surface area (Å²) in [5, 5.41) is 4.01. The first kappa shape index (κ1) is 16.8. The smallest absolute Gasteiger partial charge is 0.280 e. The number of rotatable bonds is 5. The van der Waals surface area contributed by atoms with Crippen LogP contribution in [0, 0.1) is 0 Å². The summed E-state index contributed by atoms with van der Waals surface area (Å²) in [6, 6.07) is 30.8. The van der Waals surface area contributed by atoms with Crippen molar-refractivity contribution in [3.8, 4) is 11.3 Å². The van der Waals surface area contributed by atoms with Crippen LogP contribution < -0.4 is 4.90 Å². The van der Waals surface area contributed by atoms with Gasteiger partial charge in [0.1, 0.15) is 0 Å². The van der Waals surface area contributed by atoms with Gasteiger partial charge in [0.05, 0.1) is 6.54 Å². The van der Waals surface area contributed by atoms with Crippen LogP contribution in [0.15, 0.2) is 102 Å². The lowest BCUT2D eigenvalue weighted by Gasteiger charge is -2.22. The third-order valence-corrected chi connectivity index (χ3v) is 4.28. The van der Waals surface area contributed by atoms with Crippen molar-refractivity contribution >= 4 is 11.6 Å². The normalized spacial score (nSPS) is 10.5. The Kier molecular flexibility index (Phi) is 4.79. The summed E-state index contributed by atoms with van der Waals surface area (Å²) in [6.07, 6.45) is 0. The highest BCUT2D eigenvalue weighted by molar-refractivity contribution is 6.05. The summed E-state index contributed by atoms with van der Waals surface area (Å²) < 4.78 is 5.41. The van der Waals surface area contributed by atoms with Gasteiger partial charge < -0.3 is 9.42 Å². The predicted octanol–water partition coefficient (Wildman–Crippen LogP) is 5.19. The molecule has 0 atom stereocenters. The lowest BCUT2D eigenvalue weighted by molar-refractivity contribution is 0.0976. The van der Waals surface area contributed by atoms with E-state index in [4.69, 9.17) is 4.52 Å². The van der Waals surface area contributed by atoms with E-state index in [2.05, 4.69) is 5.16 Å². The maximum absolute atomic E-state index is 13.2. The molecule has 0 radical (unpaired) electrons. The zero-order valence-electron chi connectivity index (χ0n) is 14.7. The van der Waals surface area contributed by atoms with E-state index in [1.807, 2.05) is 91.0 Å². The molecule has 0 aliphatic heterocycles. The second kappa shape index (κ2) is 7.70. The van der Waals surface area contributed by atoms with Gasteiger partial charge in [-0.15, -0.1) is 0 Å². The Labute approximate surface area is 157 Å². The first-order valence-corrected chi connectivity index (χ1v) is 8.74. The van der Waals surface area contributed by atoms with Crippen molar-refractivity contribution in [3.05, 3.63) is 108 Å². The molecule has 0 aliphatic rings. The minimum Gasteiger partial charge on any atom is -0.355 e. The van der Waals surface area contributed by atoms with Crippen LogP contribution in [0.25, 0.3) is 11.3 Å². The van der Waals surface area contributed by atoms with E-state index in [9.17, 15) is 4.79 Å². The molecule has 0 aliphatic carbocycles. The van der Waals surface area contributed by atoms with Crippen molar-refractivity contribution in [3.63, 3.8) is 0 Å². The van der Waals surface area contributed by atoms with Gasteiger partial charge in [-0.25, -0.2) is 0 Å². The molecule has 1 heterocycles. The molecular weight excluding hydrogens is 336 g/mol. The third kappa shape index (κ3) is 3.80. The summed E-state index contributed by atoms with van der Waals surface area (Å²) >= 11 is 0. The van der Waals surface area contributed by atoms with Crippen molar-refractivity contribution < 1.29 is 9.32 Å². The Bertz CT molecular complexity index is 1010. The molecule has 0 saturated heterocycles. The summed E-state index contributed by atoms with van der Waals surface area (Å²) in [4.78, 5) is 14.9. The molecule has 4 rings (SSSR count). The van der Waals surface area contributed by atoms with E-state index >= 15 is 0 Å². The molecular formula is C23H18N2O2. The molecule has 0 spiro atoms. The van der Waals surface area contributed by atoms with E-state index in [1.54, 1.807) is 11.0 Å². The Morgan fingerprint density at radius 2 is 1.41 bits per heavy atom. The first-order valence-electron chi connectivity index (χ1n) is 8.74. The maximum Gasteiger partial charge on any atom is 0.280 e. The van der Waals surface area contributed by atoms with Crippen molar-refractivity contribution in [2.24, 2.45) is 0 Å². The average Bonchev–Trinajstić information content (AvgIpc) is 3.24. The molecule has 4 heteroatoms. The second-order valence-electron chi connectivity index (χ2n) is 6.15. The van der Waals surface area contributed by atoms with Gasteiger partial charge in [0.2, 0.25) is 0 Å². The molecule has 4 nitrogen and oxygen atoms in total. The van der Waals surface area contributed by atoms with E-state index in [0.29, 0.717) is 12.3 Å². The summed E-state index contributed by atoms with van der Waals surface area (Å²) in [7, 11) is 0. The van der Waals surface area contributed by atoms with Crippen LogP contribution in [0.1, 0.15) is 16.1 Å². The van der Waals surface area contributed by atoms with Gasteiger partial charge in [-0.1, -0.05) is 84.0 Å². The van der Waals surface area contributed by atoms with E-state index in [-0.39, 0.29) is 11.6 Å². The number of para-hydroxylation sites is 1. The highest BCUT2D eigenvalue weighted by Crippen LogP contribution is 2.23. The molecule has 1 aromatic heterocycles. The van der Waals surface area contributed by atoms with Gasteiger partial charge in [0, 0.05) is 17.3 Å². The minimum absolute atomic E-state index is 0.198. The summed E-state index contributed by atoms with van der Waals surface area (Å²) in [5.41, 5.74) is 3.03. The van der Waals surface area contributed by atoms with Crippen LogP contribution in [0.3, 0.4) is 0 Å². The van der Waals surface area contributed by atoms with Crippen LogP contribution in [0.5, 0.6) is 0 Å². The average molecular weight is 354 g/mol. The Morgan fingerprint density at radius 1 is 0.815 bits per heavy atom. The van der Waals surface area contributed by atoms with Gasteiger partial charge in [-0.3, -0.25) is 4.79 Å². The number of anilines is 1. The summed E-state index contributed by atoms with van der Waals surface area (Å²) in [5.74, 6) is 0.377. The zero-order chi connectivity index (χ0) is 18.5. The number of carbonyl (C=O) groups is 1. The quantitative estimate of drug-likeness (QED) is 0.495. The Balaban J connectivity index is 1.66. The van der Waals surface area contributed by atoms with Gasteiger partial charge in [-0.05, 0) is 17.7 Å². The van der Waals surface area contributed by atoms with Crippen molar-refractivity contribution in [2.45, 2.75) is 6.54 Å². The predicted molar refractivity (Wildman–Crippen MR) is 105 cm³/mol. The van der Waals surface area contributed by atoms with E-state index in [0.717, 1.165) is 16.8 Å². The maximum atomic E-state index is 13.2. The molecule has 132 valence electrons. The number of aromatic nitrogens is 1. The third-order valence-electron chi connectivity index (χ3n) is 4.28. The Hall–Kier alpha value is -3.66. The van der Waals surface area contributed by atoms with Crippen LogP contribution in [0.2, 0.25) is 0 Å². The van der Waals surface area contributed by atoms with Crippen molar-refractivity contribution in [1.29, 1.82) is 0 Å². The topological polar surface area (TPSA) is 46.3 Å². The number of hydrogen-bond acceptors (Lipinski definition) is 3. The highest BCUT2D eigenvalue weighted by atomic mass is 16.5. The number of carbonyl (C=O) groups excluding carboxylic acids is 1. The largest absolute Gasteiger partial charge is 0.355 e. The monoisotopic (exact) mass is 354 g/mol. The molecule has 27 heavy (non-hydrogen) atoms. The standard InChI is InChI=1S/C23H18N2O2/c26-23(21-16-22(27-24-21)19-12-6-2-7-13-19)25(20-14-8-3-9-15-20)17-18-10-4-1-5-11-18/h1-16H,17H2. The lowest BCUT2D eigenvalue weighted by Crippen LogP contribution is -2.30. The number of amides is 1. The first-order chi connectivity index (χ1) is 13.3. The van der Waals surface area contributed by atoms with Crippen LogP contribution in [0.4, 0.5) is 5.69 Å². The molecule has 3 aromatic carbocycles. The number of hydrogen-bond donors (Lipinski definition) is 0. The van der Waals surface area contributed by atoms with Crippen LogP contribution in [-0.4, -0.2) is 11.1 Å². The van der Waals surface area contributed by atoms with Crippen molar-refractivity contribution in [1.82, 2.24) is 5.16 Å². The van der Waals surface area contributed by atoms with E-state index < -0.39 is 0 Å². The summed E-state index contributed by atoms with van der Waals surface area (Å²) in [6.45, 7) is 0.456. The molecule has 0 saturated carbocycles. The fourth-order valence-corrected chi connectivity index (χ4v) is 2.91. The van der Waals surface area contributed by atoms with Gasteiger partial charge >= 0.3 is 0 Å². The Morgan fingerprint density at radius 3 is 2.07 bits per heavy atom. The van der Waals surface area contributed by atoms with Crippen LogP contribution in [-0.2, 0) is 6.54 Å². The van der Waals surface area contributed by atoms with Gasteiger partial charge in [0.15, 0.2) is 11.5 Å². The number of benzene rings is 3. The molecule has 0 N–H and O–H groups in total. The van der Waals surface area contributed by atoms with Gasteiger partial charge in [-0.2, -0.15) is 0 Å². The number of nitrogens with zero attached hydrogens (tertiary/aromatic N) is 2. The molecule has 4 aromatic rings. The highest BCUT2D eigenvalue weighted by Gasteiger charge is 2.22. The van der Waals surface area contributed by atoms with Crippen LogP contribution >= 0.6 is 0 Å². The fraction of sp³-hybridized carbons (Fsp3) is 0.0435. The SMILES string of the molecule is O=C(c1cc(-c2ccccc2)on1)N(Cc1ccccc1)c1ccccc1. The molecule has 0 fully saturated rings.